The zero-order chi connectivity index (χ0) is 14.7. The summed E-state index contributed by atoms with van der Waals surface area (Å²) in [4.78, 5) is 9.38. The molecule has 3 rings (SSSR count). The maximum Gasteiger partial charge on any atom is 0.194 e. The Morgan fingerprint density at radius 3 is 2.86 bits per heavy atom. The van der Waals surface area contributed by atoms with Gasteiger partial charge in [-0.05, 0) is 18.6 Å². The Kier molecular flexibility index (Phi) is 4.29. The van der Waals surface area contributed by atoms with Crippen molar-refractivity contribution in [2.45, 2.75) is 19.0 Å². The van der Waals surface area contributed by atoms with Crippen LogP contribution in [0.25, 0.3) is 0 Å². The molecule has 1 aromatic heterocycles. The summed E-state index contributed by atoms with van der Waals surface area (Å²) in [6, 6.07) is 4.88. The molecule has 0 aliphatic carbocycles. The maximum atomic E-state index is 4.45. The minimum Gasteiger partial charge on any atom is -0.353 e. The summed E-state index contributed by atoms with van der Waals surface area (Å²) >= 11 is 0. The first kappa shape index (κ1) is 14.2. The van der Waals surface area contributed by atoms with E-state index in [9.17, 15) is 0 Å². The topological polar surface area (TPSA) is 35.8 Å². The van der Waals surface area contributed by atoms with Crippen LogP contribution in [0.2, 0.25) is 0 Å². The monoisotopic (exact) mass is 287 g/mol. The van der Waals surface area contributed by atoms with Crippen LogP contribution in [-0.2, 0) is 13.6 Å². The van der Waals surface area contributed by atoms with Crippen molar-refractivity contribution in [2.75, 3.05) is 33.2 Å². The lowest BCUT2D eigenvalue weighted by molar-refractivity contribution is 0.259. The first-order valence-electron chi connectivity index (χ1n) is 7.73. The molecule has 3 heterocycles. The SMILES string of the molecule is CN=C(NCc1cccn1C)N1CCC(N2CC=CC2)C1. The van der Waals surface area contributed by atoms with Gasteiger partial charge >= 0.3 is 0 Å². The number of hydrogen-bond acceptors (Lipinski definition) is 2. The summed E-state index contributed by atoms with van der Waals surface area (Å²) in [5.41, 5.74) is 1.27. The van der Waals surface area contributed by atoms with E-state index in [4.69, 9.17) is 0 Å². The van der Waals surface area contributed by atoms with E-state index in [1.807, 2.05) is 7.05 Å². The number of guanidine groups is 1. The third-order valence-electron chi connectivity index (χ3n) is 4.52. The van der Waals surface area contributed by atoms with Crippen LogP contribution >= 0.6 is 0 Å². The average molecular weight is 287 g/mol. The lowest BCUT2D eigenvalue weighted by Gasteiger charge is -2.25. The molecule has 5 heteroatoms. The second kappa shape index (κ2) is 6.35. The molecule has 0 spiro atoms. The lowest BCUT2D eigenvalue weighted by Crippen LogP contribution is -2.42. The van der Waals surface area contributed by atoms with Gasteiger partial charge < -0.3 is 14.8 Å². The van der Waals surface area contributed by atoms with E-state index < -0.39 is 0 Å². The van der Waals surface area contributed by atoms with Crippen molar-refractivity contribution in [1.82, 2.24) is 19.7 Å². The Morgan fingerprint density at radius 2 is 2.19 bits per heavy atom. The van der Waals surface area contributed by atoms with Crippen LogP contribution in [-0.4, -0.2) is 59.6 Å². The van der Waals surface area contributed by atoms with E-state index in [-0.39, 0.29) is 0 Å². The van der Waals surface area contributed by atoms with Gasteiger partial charge in [-0.3, -0.25) is 9.89 Å². The Balaban J connectivity index is 1.54. The fraction of sp³-hybridized carbons (Fsp3) is 0.562. The van der Waals surface area contributed by atoms with Gasteiger partial charge in [-0.15, -0.1) is 0 Å². The van der Waals surface area contributed by atoms with Gasteiger partial charge in [0.15, 0.2) is 5.96 Å². The largest absolute Gasteiger partial charge is 0.353 e. The van der Waals surface area contributed by atoms with Crippen molar-refractivity contribution >= 4 is 5.96 Å². The van der Waals surface area contributed by atoms with E-state index in [1.165, 1.54) is 12.1 Å². The predicted molar refractivity (Wildman–Crippen MR) is 86.3 cm³/mol. The molecular weight excluding hydrogens is 262 g/mol. The first-order valence-corrected chi connectivity index (χ1v) is 7.73. The van der Waals surface area contributed by atoms with Crippen molar-refractivity contribution in [2.24, 2.45) is 12.0 Å². The van der Waals surface area contributed by atoms with Crippen LogP contribution in [0, 0.1) is 0 Å². The molecule has 0 amide bonds. The van der Waals surface area contributed by atoms with Crippen molar-refractivity contribution in [3.63, 3.8) is 0 Å². The molecule has 2 aliphatic rings. The molecule has 1 N–H and O–H groups in total. The van der Waals surface area contributed by atoms with Crippen LogP contribution in [0.15, 0.2) is 35.5 Å². The second-order valence-electron chi connectivity index (χ2n) is 5.83. The van der Waals surface area contributed by atoms with Gasteiger partial charge in [-0.2, -0.15) is 0 Å². The van der Waals surface area contributed by atoms with E-state index in [1.54, 1.807) is 0 Å². The Bertz CT molecular complexity index is 523. The van der Waals surface area contributed by atoms with E-state index in [0.29, 0.717) is 6.04 Å². The molecule has 1 saturated heterocycles. The van der Waals surface area contributed by atoms with Crippen LogP contribution in [0.3, 0.4) is 0 Å². The van der Waals surface area contributed by atoms with Gasteiger partial charge in [0.05, 0.1) is 6.54 Å². The summed E-state index contributed by atoms with van der Waals surface area (Å²) in [5, 5.41) is 3.49. The van der Waals surface area contributed by atoms with Crippen molar-refractivity contribution in [3.05, 3.63) is 36.2 Å². The summed E-state index contributed by atoms with van der Waals surface area (Å²) in [6.07, 6.45) is 7.84. The normalized spacial score (nSPS) is 23.2. The standard InChI is InChI=1S/C16H25N5/c1-17-16(18-12-14-6-5-8-19(14)2)21-11-7-15(13-21)20-9-3-4-10-20/h3-6,8,15H,7,9-13H2,1-2H3,(H,17,18). The average Bonchev–Trinajstić information content (AvgIpc) is 3.20. The van der Waals surface area contributed by atoms with Crippen LogP contribution < -0.4 is 5.32 Å². The number of nitrogens with one attached hydrogen (secondary N) is 1. The van der Waals surface area contributed by atoms with Crippen LogP contribution in [0.5, 0.6) is 0 Å². The lowest BCUT2D eigenvalue weighted by atomic mass is 10.2. The highest BCUT2D eigenvalue weighted by Crippen LogP contribution is 2.17. The van der Waals surface area contributed by atoms with Gasteiger partial charge in [0.1, 0.15) is 0 Å². The minimum absolute atomic E-state index is 0.661. The summed E-state index contributed by atoms with van der Waals surface area (Å²) in [6.45, 7) is 5.20. The quantitative estimate of drug-likeness (QED) is 0.513. The Labute approximate surface area is 126 Å². The number of rotatable bonds is 3. The molecule has 114 valence electrons. The predicted octanol–water partition coefficient (Wildman–Crippen LogP) is 1.05. The number of nitrogens with zero attached hydrogens (tertiary/aromatic N) is 4. The van der Waals surface area contributed by atoms with Crippen LogP contribution in [0.1, 0.15) is 12.1 Å². The highest BCUT2D eigenvalue weighted by molar-refractivity contribution is 5.80. The van der Waals surface area contributed by atoms with Crippen molar-refractivity contribution in [3.8, 4) is 0 Å². The summed E-state index contributed by atoms with van der Waals surface area (Å²) in [7, 11) is 3.95. The highest BCUT2D eigenvalue weighted by atomic mass is 15.3. The molecule has 1 unspecified atom stereocenters. The molecule has 0 radical (unpaired) electrons. The smallest absolute Gasteiger partial charge is 0.194 e. The van der Waals surface area contributed by atoms with Gasteiger partial charge in [0, 0.05) is 58.2 Å². The molecule has 1 fully saturated rings. The molecule has 0 bridgehead atoms. The third-order valence-corrected chi connectivity index (χ3v) is 4.52. The van der Waals surface area contributed by atoms with Gasteiger partial charge in [-0.25, -0.2) is 0 Å². The number of aromatic nitrogens is 1. The summed E-state index contributed by atoms with van der Waals surface area (Å²) < 4.78 is 2.14. The van der Waals surface area contributed by atoms with Gasteiger partial charge in [-0.1, -0.05) is 12.2 Å². The zero-order valence-electron chi connectivity index (χ0n) is 13.0. The Hall–Kier alpha value is -1.75. The number of hydrogen-bond donors (Lipinski definition) is 1. The van der Waals surface area contributed by atoms with Gasteiger partial charge in [0.2, 0.25) is 0 Å². The minimum atomic E-state index is 0.661. The summed E-state index contributed by atoms with van der Waals surface area (Å²) in [5.74, 6) is 1.02. The van der Waals surface area contributed by atoms with Gasteiger partial charge in [0.25, 0.3) is 0 Å². The number of likely N-dealkylation sites (tertiary alicyclic amines) is 1. The molecule has 0 saturated carbocycles. The molecule has 2 aliphatic heterocycles. The maximum absolute atomic E-state index is 4.45. The number of aryl methyl sites for hydroxylation is 1. The fourth-order valence-electron chi connectivity index (χ4n) is 3.21. The second-order valence-corrected chi connectivity index (χ2v) is 5.83. The van der Waals surface area contributed by atoms with Crippen molar-refractivity contribution < 1.29 is 0 Å². The van der Waals surface area contributed by atoms with Crippen LogP contribution in [0.4, 0.5) is 0 Å². The molecule has 1 aromatic rings. The highest BCUT2D eigenvalue weighted by Gasteiger charge is 2.29. The third kappa shape index (κ3) is 3.13. The van der Waals surface area contributed by atoms with E-state index in [0.717, 1.165) is 38.7 Å². The van der Waals surface area contributed by atoms with Crippen molar-refractivity contribution in [1.29, 1.82) is 0 Å². The molecular formula is C16H25N5. The fourth-order valence-corrected chi connectivity index (χ4v) is 3.21. The molecule has 21 heavy (non-hydrogen) atoms. The number of aliphatic imine (C=N–C) groups is 1. The van der Waals surface area contributed by atoms with E-state index >= 15 is 0 Å². The Morgan fingerprint density at radius 1 is 1.38 bits per heavy atom. The first-order chi connectivity index (χ1) is 10.3. The molecule has 0 aromatic carbocycles. The van der Waals surface area contributed by atoms with E-state index in [2.05, 4.69) is 62.2 Å². The molecule has 1 atom stereocenters. The zero-order valence-corrected chi connectivity index (χ0v) is 13.0. The molecule has 5 nitrogen and oxygen atoms in total.